The normalized spacial score (nSPS) is 11.1. The molecule has 0 aliphatic rings. The molecule has 0 saturated heterocycles. The Morgan fingerprint density at radius 1 is 1.13 bits per heavy atom. The molecule has 0 saturated carbocycles. The number of carbonyl (C=O) groups excluding carboxylic acids is 1. The first kappa shape index (κ1) is 14.5. The molecule has 0 aromatic heterocycles. The van der Waals surface area contributed by atoms with E-state index in [0.29, 0.717) is 24.2 Å². The van der Waals surface area contributed by atoms with Crippen molar-refractivity contribution in [2.75, 3.05) is 13.1 Å². The van der Waals surface area contributed by atoms with Crippen molar-refractivity contribution in [3.05, 3.63) is 6.92 Å². The Balaban J connectivity index is 4.14. The van der Waals surface area contributed by atoms with Crippen LogP contribution in [0.4, 0.5) is 0 Å². The fourth-order valence-corrected chi connectivity index (χ4v) is 1.59. The van der Waals surface area contributed by atoms with E-state index in [1.54, 1.807) is 0 Å². The van der Waals surface area contributed by atoms with E-state index in [4.69, 9.17) is 0 Å². The van der Waals surface area contributed by atoms with Gasteiger partial charge in [-0.3, -0.25) is 4.79 Å². The van der Waals surface area contributed by atoms with Crippen LogP contribution in [0.5, 0.6) is 0 Å². The maximum atomic E-state index is 11.9. The van der Waals surface area contributed by atoms with Gasteiger partial charge in [0.2, 0.25) is 5.91 Å². The molecular weight excluding hydrogens is 186 g/mol. The first-order chi connectivity index (χ1) is 6.97. The third-order valence-corrected chi connectivity index (χ3v) is 2.16. The summed E-state index contributed by atoms with van der Waals surface area (Å²) in [5.41, 5.74) is 0. The third-order valence-electron chi connectivity index (χ3n) is 2.16. The molecule has 0 fully saturated rings. The van der Waals surface area contributed by atoms with Crippen molar-refractivity contribution in [1.29, 1.82) is 0 Å². The van der Waals surface area contributed by atoms with Crippen LogP contribution in [-0.2, 0) is 4.79 Å². The summed E-state index contributed by atoms with van der Waals surface area (Å²) < 4.78 is 0. The van der Waals surface area contributed by atoms with Crippen molar-refractivity contribution in [3.8, 4) is 0 Å². The highest BCUT2D eigenvalue weighted by Crippen LogP contribution is 2.07. The van der Waals surface area contributed by atoms with Crippen LogP contribution in [0.3, 0.4) is 0 Å². The minimum absolute atomic E-state index is 0.293. The van der Waals surface area contributed by atoms with Gasteiger partial charge in [-0.25, -0.2) is 0 Å². The largest absolute Gasteiger partial charge is 0.342 e. The summed E-state index contributed by atoms with van der Waals surface area (Å²) in [4.78, 5) is 13.9. The van der Waals surface area contributed by atoms with Gasteiger partial charge in [-0.1, -0.05) is 41.0 Å². The Bertz CT molecular complexity index is 165. The van der Waals surface area contributed by atoms with Gasteiger partial charge < -0.3 is 4.90 Å². The van der Waals surface area contributed by atoms with E-state index < -0.39 is 0 Å². The SMILES string of the molecule is [CH2]CCCC(=O)N(CC(C)C)CC(C)C. The van der Waals surface area contributed by atoms with Gasteiger partial charge in [0.05, 0.1) is 0 Å². The lowest BCUT2D eigenvalue weighted by molar-refractivity contribution is -0.132. The summed E-state index contributed by atoms with van der Waals surface area (Å²) in [6, 6.07) is 0. The second-order valence-corrected chi connectivity index (χ2v) is 5.04. The zero-order chi connectivity index (χ0) is 11.8. The second kappa shape index (κ2) is 7.72. The van der Waals surface area contributed by atoms with E-state index in [1.807, 2.05) is 4.90 Å². The van der Waals surface area contributed by atoms with Crippen LogP contribution in [0, 0.1) is 18.8 Å². The highest BCUT2D eigenvalue weighted by molar-refractivity contribution is 5.76. The molecule has 0 aromatic rings. The molecule has 0 atom stereocenters. The molecule has 1 radical (unpaired) electrons. The van der Waals surface area contributed by atoms with Gasteiger partial charge in [0.15, 0.2) is 0 Å². The topological polar surface area (TPSA) is 20.3 Å². The molecule has 0 N–H and O–H groups in total. The van der Waals surface area contributed by atoms with Crippen LogP contribution in [-0.4, -0.2) is 23.9 Å². The van der Waals surface area contributed by atoms with Gasteiger partial charge >= 0.3 is 0 Å². The predicted octanol–water partition coefficient (Wildman–Crippen LogP) is 3.13. The quantitative estimate of drug-likeness (QED) is 0.635. The van der Waals surface area contributed by atoms with Crippen LogP contribution in [0.1, 0.15) is 47.0 Å². The molecule has 2 nitrogen and oxygen atoms in total. The zero-order valence-corrected chi connectivity index (χ0v) is 10.8. The van der Waals surface area contributed by atoms with Crippen molar-refractivity contribution >= 4 is 5.91 Å². The van der Waals surface area contributed by atoms with Gasteiger partial charge in [-0.15, -0.1) is 0 Å². The Labute approximate surface area is 95.0 Å². The molecule has 1 amide bonds. The molecule has 15 heavy (non-hydrogen) atoms. The number of nitrogens with zero attached hydrogens (tertiary/aromatic N) is 1. The first-order valence-electron chi connectivity index (χ1n) is 6.04. The van der Waals surface area contributed by atoms with Gasteiger partial charge in [0.25, 0.3) is 0 Å². The Kier molecular flexibility index (Phi) is 7.45. The monoisotopic (exact) mass is 212 g/mol. The average molecular weight is 212 g/mol. The number of hydrogen-bond donors (Lipinski definition) is 0. The summed E-state index contributed by atoms with van der Waals surface area (Å²) in [5.74, 6) is 1.39. The zero-order valence-electron chi connectivity index (χ0n) is 10.8. The Hall–Kier alpha value is -0.530. The second-order valence-electron chi connectivity index (χ2n) is 5.04. The Morgan fingerprint density at radius 2 is 1.60 bits per heavy atom. The van der Waals surface area contributed by atoms with E-state index in [2.05, 4.69) is 34.6 Å². The van der Waals surface area contributed by atoms with Crippen molar-refractivity contribution in [2.45, 2.75) is 47.0 Å². The molecule has 89 valence electrons. The number of hydrogen-bond acceptors (Lipinski definition) is 1. The lowest BCUT2D eigenvalue weighted by atomic mass is 10.1. The lowest BCUT2D eigenvalue weighted by Crippen LogP contribution is -2.36. The first-order valence-corrected chi connectivity index (χ1v) is 6.04. The number of unbranched alkanes of at least 4 members (excludes halogenated alkanes) is 1. The van der Waals surface area contributed by atoms with Crippen molar-refractivity contribution in [2.24, 2.45) is 11.8 Å². The highest BCUT2D eigenvalue weighted by atomic mass is 16.2. The lowest BCUT2D eigenvalue weighted by Gasteiger charge is -2.26. The molecule has 2 heteroatoms. The molecule has 0 spiro atoms. The molecule has 0 aliphatic carbocycles. The van der Waals surface area contributed by atoms with Gasteiger partial charge in [0, 0.05) is 19.5 Å². The summed E-state index contributed by atoms with van der Waals surface area (Å²) in [7, 11) is 0. The van der Waals surface area contributed by atoms with E-state index >= 15 is 0 Å². The van der Waals surface area contributed by atoms with Crippen molar-refractivity contribution in [3.63, 3.8) is 0 Å². The van der Waals surface area contributed by atoms with Crippen LogP contribution >= 0.6 is 0 Å². The smallest absolute Gasteiger partial charge is 0.222 e. The molecular formula is C13H26NO. The molecule has 0 aliphatic heterocycles. The molecule has 0 aromatic carbocycles. The highest BCUT2D eigenvalue weighted by Gasteiger charge is 2.15. The number of amides is 1. The summed E-state index contributed by atoms with van der Waals surface area (Å²) in [6.45, 7) is 14.2. The fraction of sp³-hybridized carbons (Fsp3) is 0.846. The van der Waals surface area contributed by atoms with Crippen LogP contribution in [0.2, 0.25) is 0 Å². The van der Waals surface area contributed by atoms with E-state index in [1.165, 1.54) is 0 Å². The average Bonchev–Trinajstić information content (AvgIpc) is 2.11. The van der Waals surface area contributed by atoms with Crippen LogP contribution in [0.25, 0.3) is 0 Å². The minimum atomic E-state index is 0.293. The van der Waals surface area contributed by atoms with E-state index in [-0.39, 0.29) is 0 Å². The maximum Gasteiger partial charge on any atom is 0.222 e. The summed E-state index contributed by atoms with van der Waals surface area (Å²) in [6.07, 6.45) is 2.41. The minimum Gasteiger partial charge on any atom is -0.342 e. The molecule has 0 heterocycles. The maximum absolute atomic E-state index is 11.9. The molecule has 0 bridgehead atoms. The molecule has 0 unspecified atom stereocenters. The van der Waals surface area contributed by atoms with E-state index in [0.717, 1.165) is 25.9 Å². The van der Waals surface area contributed by atoms with Gasteiger partial charge in [-0.05, 0) is 18.3 Å². The van der Waals surface area contributed by atoms with Crippen molar-refractivity contribution in [1.82, 2.24) is 4.90 Å². The summed E-state index contributed by atoms with van der Waals surface area (Å²) >= 11 is 0. The number of rotatable bonds is 7. The number of carbonyl (C=O) groups is 1. The van der Waals surface area contributed by atoms with Crippen LogP contribution in [0.15, 0.2) is 0 Å². The van der Waals surface area contributed by atoms with Crippen molar-refractivity contribution < 1.29 is 4.79 Å². The predicted molar refractivity (Wildman–Crippen MR) is 65.5 cm³/mol. The summed E-state index contributed by atoms with van der Waals surface area (Å²) in [5, 5.41) is 0. The standard InChI is InChI=1S/C13H26NO/c1-6-7-8-13(15)14(9-11(2)3)10-12(4)5/h11-12H,1,6-10H2,2-5H3. The van der Waals surface area contributed by atoms with Crippen LogP contribution < -0.4 is 0 Å². The van der Waals surface area contributed by atoms with Gasteiger partial charge in [-0.2, -0.15) is 0 Å². The third kappa shape index (κ3) is 7.40. The fourth-order valence-electron chi connectivity index (χ4n) is 1.59. The van der Waals surface area contributed by atoms with Gasteiger partial charge in [0.1, 0.15) is 0 Å². The Morgan fingerprint density at radius 3 is 1.93 bits per heavy atom. The molecule has 0 rings (SSSR count). The van der Waals surface area contributed by atoms with E-state index in [9.17, 15) is 4.79 Å².